The quantitative estimate of drug-likeness (QED) is 0.447. The molecule has 0 aromatic heterocycles. The molecule has 2 aromatic rings. The summed E-state index contributed by atoms with van der Waals surface area (Å²) in [6.45, 7) is 1.01. The smallest absolute Gasteiger partial charge is 0.338 e. The Kier molecular flexibility index (Phi) is 5.49. The second-order valence-corrected chi connectivity index (χ2v) is 5.21. The Morgan fingerprint density at radius 1 is 1.17 bits per heavy atom. The number of rotatable bonds is 6. The number of halogens is 1. The maximum Gasteiger partial charge on any atom is 0.338 e. The third-order valence-corrected chi connectivity index (χ3v) is 3.08. The molecule has 0 heterocycles. The van der Waals surface area contributed by atoms with Gasteiger partial charge in [0.1, 0.15) is 12.4 Å². The molecule has 0 bridgehead atoms. The highest BCUT2D eigenvalue weighted by molar-refractivity contribution is 6.30. The lowest BCUT2D eigenvalue weighted by Gasteiger charge is -2.07. The molecule has 0 radical (unpaired) electrons. The Labute approximate surface area is 141 Å². The first-order valence-electron chi connectivity index (χ1n) is 6.75. The molecular formula is C16H12ClNO6. The maximum absolute atomic E-state index is 11.7. The van der Waals surface area contributed by atoms with Crippen LogP contribution in [0.4, 0.5) is 5.69 Å². The lowest BCUT2D eigenvalue weighted by molar-refractivity contribution is -0.385. The van der Waals surface area contributed by atoms with Gasteiger partial charge in [0.25, 0.3) is 0 Å². The van der Waals surface area contributed by atoms with Gasteiger partial charge in [-0.3, -0.25) is 14.9 Å². The van der Waals surface area contributed by atoms with E-state index in [0.717, 1.165) is 0 Å². The zero-order chi connectivity index (χ0) is 17.7. The summed E-state index contributed by atoms with van der Waals surface area (Å²) >= 11 is 5.74. The van der Waals surface area contributed by atoms with Crippen molar-refractivity contribution in [2.75, 3.05) is 6.61 Å². The topological polar surface area (TPSA) is 95.7 Å². The van der Waals surface area contributed by atoms with Crippen molar-refractivity contribution in [1.82, 2.24) is 0 Å². The van der Waals surface area contributed by atoms with Crippen LogP contribution >= 0.6 is 11.6 Å². The van der Waals surface area contributed by atoms with Crippen molar-refractivity contribution >= 4 is 29.0 Å². The minimum Gasteiger partial charge on any atom is -0.454 e. The summed E-state index contributed by atoms with van der Waals surface area (Å²) in [7, 11) is 0. The molecule has 0 fully saturated rings. The Morgan fingerprint density at radius 3 is 2.42 bits per heavy atom. The fraction of sp³-hybridized carbons (Fsp3) is 0.125. The predicted octanol–water partition coefficient (Wildman–Crippen LogP) is 3.79. The number of carbonyl (C=O) groups excluding carboxylic acids is 2. The summed E-state index contributed by atoms with van der Waals surface area (Å²) in [5.41, 5.74) is -0.0401. The number of hydrogen-bond acceptors (Lipinski definition) is 6. The Balaban J connectivity index is 2.14. The Bertz CT molecular complexity index is 788. The number of carbonyl (C=O) groups is 2. The summed E-state index contributed by atoms with van der Waals surface area (Å²) in [6, 6.07) is 9.82. The van der Waals surface area contributed by atoms with E-state index in [4.69, 9.17) is 21.1 Å². The molecule has 24 heavy (non-hydrogen) atoms. The number of esters is 1. The summed E-state index contributed by atoms with van der Waals surface area (Å²) in [5.74, 6) is -0.590. The van der Waals surface area contributed by atoms with Crippen LogP contribution in [0.2, 0.25) is 5.02 Å². The van der Waals surface area contributed by atoms with E-state index in [9.17, 15) is 19.7 Å². The minimum absolute atomic E-state index is 0.0244. The molecule has 0 atom stereocenters. The third kappa shape index (κ3) is 4.53. The van der Waals surface area contributed by atoms with Crippen LogP contribution in [-0.2, 0) is 9.53 Å². The fourth-order valence-corrected chi connectivity index (χ4v) is 1.92. The zero-order valence-corrected chi connectivity index (χ0v) is 13.3. The number of nitro groups is 1. The molecule has 124 valence electrons. The second kappa shape index (κ2) is 7.56. The molecule has 8 heteroatoms. The van der Waals surface area contributed by atoms with E-state index < -0.39 is 10.9 Å². The van der Waals surface area contributed by atoms with Crippen LogP contribution in [0.15, 0.2) is 42.5 Å². The Morgan fingerprint density at radius 2 is 1.83 bits per heavy atom. The number of ether oxygens (including phenoxy) is 2. The lowest BCUT2D eigenvalue weighted by atomic mass is 10.2. The van der Waals surface area contributed by atoms with Crippen molar-refractivity contribution in [1.29, 1.82) is 0 Å². The molecular weight excluding hydrogens is 338 g/mol. The highest BCUT2D eigenvalue weighted by Gasteiger charge is 2.17. The maximum atomic E-state index is 11.7. The fourth-order valence-electron chi connectivity index (χ4n) is 1.76. The van der Waals surface area contributed by atoms with Crippen molar-refractivity contribution in [3.63, 3.8) is 0 Å². The van der Waals surface area contributed by atoms with E-state index in [1.165, 1.54) is 49.4 Å². The van der Waals surface area contributed by atoms with Crippen LogP contribution in [-0.4, -0.2) is 23.3 Å². The number of ketones is 1. The molecule has 0 aliphatic carbocycles. The summed E-state index contributed by atoms with van der Waals surface area (Å²) in [6.07, 6.45) is 0. The number of nitrogens with zero attached hydrogens (tertiary/aromatic N) is 1. The molecule has 0 aliphatic heterocycles. The molecule has 0 aliphatic rings. The first-order chi connectivity index (χ1) is 11.4. The Hall–Kier alpha value is -2.93. The molecule has 2 rings (SSSR count). The monoisotopic (exact) mass is 349 g/mol. The van der Waals surface area contributed by atoms with E-state index in [2.05, 4.69) is 0 Å². The molecule has 0 unspecified atom stereocenters. The summed E-state index contributed by atoms with van der Waals surface area (Å²) in [5, 5.41) is 11.2. The molecule has 2 aromatic carbocycles. The molecule has 0 amide bonds. The average Bonchev–Trinajstić information content (AvgIpc) is 2.54. The van der Waals surface area contributed by atoms with E-state index in [-0.39, 0.29) is 34.4 Å². The highest BCUT2D eigenvalue weighted by atomic mass is 35.5. The normalized spacial score (nSPS) is 10.1. The number of Topliss-reactive ketones (excluding diaryl/α,β-unsaturated/α-hetero) is 1. The first-order valence-corrected chi connectivity index (χ1v) is 7.13. The van der Waals surface area contributed by atoms with Crippen molar-refractivity contribution < 1.29 is 24.0 Å². The molecule has 0 saturated heterocycles. The number of hydrogen-bond donors (Lipinski definition) is 0. The van der Waals surface area contributed by atoms with Gasteiger partial charge in [-0.05, 0) is 43.3 Å². The van der Waals surface area contributed by atoms with Gasteiger partial charge in [-0.1, -0.05) is 11.6 Å². The predicted molar refractivity (Wildman–Crippen MR) is 85.6 cm³/mol. The average molecular weight is 350 g/mol. The summed E-state index contributed by atoms with van der Waals surface area (Å²) < 4.78 is 10.2. The van der Waals surface area contributed by atoms with Crippen molar-refractivity contribution in [2.24, 2.45) is 0 Å². The lowest BCUT2D eigenvalue weighted by Crippen LogP contribution is -2.11. The van der Waals surface area contributed by atoms with Crippen LogP contribution in [0, 0.1) is 10.1 Å². The van der Waals surface area contributed by atoms with Gasteiger partial charge >= 0.3 is 11.7 Å². The van der Waals surface area contributed by atoms with Gasteiger partial charge in [0.2, 0.25) is 5.75 Å². The van der Waals surface area contributed by atoms with Crippen molar-refractivity contribution in [2.45, 2.75) is 6.92 Å². The van der Waals surface area contributed by atoms with Crippen LogP contribution in [0.25, 0.3) is 0 Å². The van der Waals surface area contributed by atoms with Crippen molar-refractivity contribution in [3.8, 4) is 11.5 Å². The van der Waals surface area contributed by atoms with E-state index in [0.29, 0.717) is 5.75 Å². The van der Waals surface area contributed by atoms with E-state index >= 15 is 0 Å². The van der Waals surface area contributed by atoms with Gasteiger partial charge in [0.15, 0.2) is 5.78 Å². The minimum atomic E-state index is -0.644. The van der Waals surface area contributed by atoms with Crippen LogP contribution < -0.4 is 4.74 Å². The number of nitro benzene ring substituents is 1. The van der Waals surface area contributed by atoms with Gasteiger partial charge in [-0.15, -0.1) is 0 Å². The number of benzene rings is 2. The first kappa shape index (κ1) is 17.4. The third-order valence-electron chi connectivity index (χ3n) is 2.84. The SMILES string of the molecule is CC(=O)COC(=O)c1ccc(Oc2ccc(Cl)cc2[N+](=O)[O-])cc1. The largest absolute Gasteiger partial charge is 0.454 e. The molecule has 0 spiro atoms. The molecule has 0 saturated carbocycles. The van der Waals surface area contributed by atoms with Gasteiger partial charge in [-0.2, -0.15) is 0 Å². The van der Waals surface area contributed by atoms with Crippen LogP contribution in [0.1, 0.15) is 17.3 Å². The highest BCUT2D eigenvalue weighted by Crippen LogP contribution is 2.33. The van der Waals surface area contributed by atoms with Crippen molar-refractivity contribution in [3.05, 3.63) is 63.2 Å². The van der Waals surface area contributed by atoms with Gasteiger partial charge < -0.3 is 9.47 Å². The van der Waals surface area contributed by atoms with Gasteiger partial charge in [0.05, 0.1) is 10.5 Å². The van der Waals surface area contributed by atoms with E-state index in [1.54, 1.807) is 0 Å². The van der Waals surface area contributed by atoms with Gasteiger partial charge in [0, 0.05) is 11.1 Å². The standard InChI is InChI=1S/C16H12ClNO6/c1-10(19)9-23-16(20)11-2-5-13(6-3-11)24-15-7-4-12(17)8-14(15)18(21)22/h2-8H,9H2,1H3. The van der Waals surface area contributed by atoms with Crippen LogP contribution in [0.3, 0.4) is 0 Å². The molecule has 7 nitrogen and oxygen atoms in total. The summed E-state index contributed by atoms with van der Waals surface area (Å²) in [4.78, 5) is 32.9. The molecule has 0 N–H and O–H groups in total. The van der Waals surface area contributed by atoms with E-state index in [1.807, 2.05) is 0 Å². The van der Waals surface area contributed by atoms with Gasteiger partial charge in [-0.25, -0.2) is 4.79 Å². The zero-order valence-electron chi connectivity index (χ0n) is 12.5. The second-order valence-electron chi connectivity index (χ2n) is 4.77. The van der Waals surface area contributed by atoms with Crippen LogP contribution in [0.5, 0.6) is 11.5 Å².